The van der Waals surface area contributed by atoms with E-state index in [0.717, 1.165) is 22.1 Å². The second kappa shape index (κ2) is 11.6. The average molecular weight is 673 g/mol. The summed E-state index contributed by atoms with van der Waals surface area (Å²) in [6.07, 6.45) is 0. The number of aromatic nitrogens is 3. The van der Waals surface area contributed by atoms with Crippen molar-refractivity contribution in [3.05, 3.63) is 163 Å². The molecule has 0 unspecified atom stereocenters. The van der Waals surface area contributed by atoms with Crippen LogP contribution in [-0.4, -0.2) is 15.0 Å². The van der Waals surface area contributed by atoms with Crippen LogP contribution in [0.2, 0.25) is 0 Å². The first kappa shape index (κ1) is 17.3. The minimum absolute atomic E-state index is 0.0237. The van der Waals surface area contributed by atoms with Crippen LogP contribution in [0.25, 0.3) is 98.5 Å². The van der Waals surface area contributed by atoms with Crippen LogP contribution in [-0.2, 0) is 0 Å². The first-order valence-corrected chi connectivity index (χ1v) is 16.2. The van der Waals surface area contributed by atoms with Crippen molar-refractivity contribution in [3.8, 4) is 56.4 Å². The Hall–Kier alpha value is -6.43. The van der Waals surface area contributed by atoms with Crippen LogP contribution in [0.3, 0.4) is 0 Å². The Morgan fingerprint density at radius 1 is 0.420 bits per heavy atom. The van der Waals surface area contributed by atoms with Gasteiger partial charge in [-0.2, -0.15) is 0 Å². The average Bonchev–Trinajstić information content (AvgIpc) is 3.90. The van der Waals surface area contributed by atoms with E-state index in [2.05, 4.69) is 4.98 Å². The third-order valence-corrected chi connectivity index (χ3v) is 9.18. The van der Waals surface area contributed by atoms with Gasteiger partial charge in [-0.3, -0.25) is 0 Å². The Bertz CT molecular complexity index is 3710. The summed E-state index contributed by atoms with van der Waals surface area (Å²) < 4.78 is 140. The Morgan fingerprint density at radius 2 is 1.06 bits per heavy atom. The maximum Gasteiger partial charge on any atom is 0.164 e. The molecule has 3 aromatic heterocycles. The van der Waals surface area contributed by atoms with Gasteiger partial charge in [-0.15, -0.1) is 11.3 Å². The number of rotatable bonds is 5. The second-order valence-corrected chi connectivity index (χ2v) is 12.3. The summed E-state index contributed by atoms with van der Waals surface area (Å²) in [5, 5.41) is 1.61. The van der Waals surface area contributed by atoms with Gasteiger partial charge in [-0.1, -0.05) is 127 Å². The van der Waals surface area contributed by atoms with Gasteiger partial charge < -0.3 is 4.42 Å². The molecular formula is C45H27N3OS. The van der Waals surface area contributed by atoms with Crippen molar-refractivity contribution in [2.75, 3.05) is 0 Å². The Balaban J connectivity index is 1.19. The monoisotopic (exact) mass is 672 g/mol. The van der Waals surface area contributed by atoms with Gasteiger partial charge in [0.15, 0.2) is 17.5 Å². The van der Waals surface area contributed by atoms with Gasteiger partial charge in [0.25, 0.3) is 0 Å². The van der Waals surface area contributed by atoms with Crippen LogP contribution >= 0.6 is 11.3 Å². The maximum absolute atomic E-state index is 9.51. The molecular weight excluding hydrogens is 631 g/mol. The van der Waals surface area contributed by atoms with Gasteiger partial charge in [0.05, 0.1) is 20.6 Å². The van der Waals surface area contributed by atoms with E-state index in [0.29, 0.717) is 22.3 Å². The summed E-state index contributed by atoms with van der Waals surface area (Å²) in [5.41, 5.74) is -0.192. The van der Waals surface area contributed by atoms with Crippen molar-refractivity contribution in [1.82, 2.24) is 15.0 Å². The normalized spacial score (nSPS) is 15.8. The summed E-state index contributed by atoms with van der Waals surface area (Å²) in [4.78, 5) is 14.1. The molecule has 0 bridgehead atoms. The van der Waals surface area contributed by atoms with Crippen LogP contribution in [0.15, 0.2) is 168 Å². The first-order chi connectivity index (χ1) is 31.0. The number of benzene rings is 7. The van der Waals surface area contributed by atoms with Gasteiger partial charge in [-0.25, -0.2) is 15.0 Å². The molecule has 0 aliphatic rings. The molecule has 5 heteroatoms. The van der Waals surface area contributed by atoms with Gasteiger partial charge in [0, 0.05) is 47.6 Å². The summed E-state index contributed by atoms with van der Waals surface area (Å²) >= 11 is 0.783. The smallest absolute Gasteiger partial charge is 0.164 e. The Morgan fingerprint density at radius 3 is 1.90 bits per heavy atom. The third-order valence-electron chi connectivity index (χ3n) is 8.16. The Labute approximate surface area is 313 Å². The lowest BCUT2D eigenvalue weighted by molar-refractivity contribution is 0.669. The van der Waals surface area contributed by atoms with Crippen molar-refractivity contribution in [1.29, 1.82) is 0 Å². The van der Waals surface area contributed by atoms with Gasteiger partial charge in [0.1, 0.15) is 11.2 Å². The Kier molecular flexibility index (Phi) is 4.02. The zero-order chi connectivity index (χ0) is 46.1. The molecule has 0 spiro atoms. The summed E-state index contributed by atoms with van der Waals surface area (Å²) in [5.74, 6) is 0.0199. The van der Waals surface area contributed by atoms with E-state index in [1.165, 1.54) is 0 Å². The number of thiophene rings is 1. The largest absolute Gasteiger partial charge is 0.456 e. The summed E-state index contributed by atoms with van der Waals surface area (Å²) in [7, 11) is 0. The molecule has 0 aliphatic heterocycles. The van der Waals surface area contributed by atoms with Crippen molar-refractivity contribution in [2.24, 2.45) is 0 Å². The highest BCUT2D eigenvalue weighted by atomic mass is 32.1. The van der Waals surface area contributed by atoms with Gasteiger partial charge in [-0.05, 0) is 58.6 Å². The molecule has 3 heterocycles. The number of fused-ring (bicyclic) bond motifs is 6. The predicted molar refractivity (Wildman–Crippen MR) is 207 cm³/mol. The fourth-order valence-electron chi connectivity index (χ4n) is 5.76. The minimum atomic E-state index is -0.798. The lowest BCUT2D eigenvalue weighted by Crippen LogP contribution is -2.00. The topological polar surface area (TPSA) is 51.8 Å². The fourth-order valence-corrected chi connectivity index (χ4v) is 6.73. The lowest BCUT2D eigenvalue weighted by Gasteiger charge is -2.10. The molecule has 0 saturated carbocycles. The van der Waals surface area contributed by atoms with Gasteiger partial charge in [0.2, 0.25) is 0 Å². The van der Waals surface area contributed by atoms with Crippen LogP contribution in [0.5, 0.6) is 0 Å². The molecule has 0 atom stereocenters. The number of hydrogen-bond acceptors (Lipinski definition) is 5. The number of nitrogens with zero attached hydrogens (tertiary/aromatic N) is 3. The van der Waals surface area contributed by atoms with Crippen molar-refractivity contribution < 1.29 is 25.0 Å². The maximum atomic E-state index is 9.51. The zero-order valence-electron chi connectivity index (χ0n) is 40.6. The van der Waals surface area contributed by atoms with E-state index in [1.54, 1.807) is 42.5 Å². The third kappa shape index (κ3) is 4.95. The highest BCUT2D eigenvalue weighted by Crippen LogP contribution is 2.37. The molecule has 10 aromatic rings. The molecule has 234 valence electrons. The van der Waals surface area contributed by atoms with E-state index < -0.39 is 113 Å². The molecule has 0 amide bonds. The number of furan rings is 1. The number of hydrogen-bond donors (Lipinski definition) is 0. The molecule has 7 aromatic carbocycles. The highest BCUT2D eigenvalue weighted by molar-refractivity contribution is 7.25. The zero-order valence-corrected chi connectivity index (χ0v) is 26.4. The van der Waals surface area contributed by atoms with E-state index in [4.69, 9.17) is 26.7 Å². The van der Waals surface area contributed by atoms with Crippen molar-refractivity contribution in [2.45, 2.75) is 0 Å². The highest BCUT2D eigenvalue weighted by Gasteiger charge is 2.15. The van der Waals surface area contributed by atoms with E-state index >= 15 is 0 Å². The van der Waals surface area contributed by atoms with Crippen LogP contribution in [0.1, 0.15) is 20.6 Å². The molecule has 0 N–H and O–H groups in total. The predicted octanol–water partition coefficient (Wildman–Crippen LogP) is 12.5. The fraction of sp³-hybridized carbons (Fsp3) is 0. The van der Waals surface area contributed by atoms with Crippen molar-refractivity contribution >= 4 is 53.4 Å². The standard InChI is InChI=1S/C45H27N3OS/c1-2-9-30(10-3-1)43-46-44(48-45(47-43)34-22-23-36-35-13-4-6-15-39(35)49-40(36)26-34)33-12-8-11-31(25-33)28-17-19-29(20-18-28)32-21-24-38-37-14-5-7-16-41(37)50-42(38)27-32/h1-27H/i5D,7D,8D,11D,12D,14D,16D,17D,18D,19D,20D,21D,24D,25D,27D. The number of para-hydroxylation sites is 1. The quantitative estimate of drug-likeness (QED) is 0.183. The minimum Gasteiger partial charge on any atom is -0.456 e. The molecule has 4 nitrogen and oxygen atoms in total. The molecule has 50 heavy (non-hydrogen) atoms. The van der Waals surface area contributed by atoms with Crippen molar-refractivity contribution in [3.63, 3.8) is 0 Å². The first-order valence-electron chi connectivity index (χ1n) is 22.9. The molecule has 0 radical (unpaired) electrons. The molecule has 0 saturated heterocycles. The molecule has 0 fully saturated rings. The summed E-state index contributed by atoms with van der Waals surface area (Å²) in [6.45, 7) is 0. The van der Waals surface area contributed by atoms with Crippen LogP contribution < -0.4 is 0 Å². The van der Waals surface area contributed by atoms with E-state index in [9.17, 15) is 8.22 Å². The van der Waals surface area contributed by atoms with E-state index in [-0.39, 0.29) is 43.2 Å². The molecule has 0 aliphatic carbocycles. The lowest BCUT2D eigenvalue weighted by atomic mass is 9.98. The SMILES string of the molecule is [2H]c1c([2H])c(-c2nc(-c3ccccc3)nc(-c3ccc4c(c3)oc3ccccc34)n2)c([2H])c(-c2c([2H])c([2H])c(-c3c([2H])c([2H])c4c(sc5c([2H])c([2H])c([2H])c([2H])c54)c3[2H])c([2H])c2[2H])c1[2H]. The van der Waals surface area contributed by atoms with E-state index in [1.807, 2.05) is 30.3 Å². The summed E-state index contributed by atoms with van der Waals surface area (Å²) in [6, 6.07) is 12.2. The molecule has 10 rings (SSSR count). The van der Waals surface area contributed by atoms with Crippen LogP contribution in [0.4, 0.5) is 0 Å². The van der Waals surface area contributed by atoms with Crippen LogP contribution in [0, 0.1) is 0 Å². The van der Waals surface area contributed by atoms with Gasteiger partial charge >= 0.3 is 0 Å². The second-order valence-electron chi connectivity index (χ2n) is 11.2.